The Morgan fingerprint density at radius 3 is 2.85 bits per heavy atom. The van der Waals surface area contributed by atoms with Crippen LogP contribution in [0.15, 0.2) is 28.7 Å². The molecule has 1 saturated carbocycles. The molecular weight excluding hydrogens is 314 g/mol. The number of ether oxygens (including phenoxy) is 1. The summed E-state index contributed by atoms with van der Waals surface area (Å²) in [5.41, 5.74) is 0. The summed E-state index contributed by atoms with van der Waals surface area (Å²) in [7, 11) is 0. The molecule has 0 amide bonds. The van der Waals surface area contributed by atoms with E-state index >= 15 is 0 Å². The van der Waals surface area contributed by atoms with Crippen LogP contribution in [-0.4, -0.2) is 31.1 Å². The number of likely N-dealkylation sites (tertiary alicyclic amines) is 1. The average Bonchev–Trinajstić information content (AvgIpc) is 2.47. The van der Waals surface area contributed by atoms with Crippen LogP contribution >= 0.6 is 15.9 Å². The van der Waals surface area contributed by atoms with Crippen molar-refractivity contribution in [3.05, 3.63) is 28.7 Å². The molecule has 110 valence electrons. The second-order valence-corrected chi connectivity index (χ2v) is 7.12. The van der Waals surface area contributed by atoms with Crippen molar-refractivity contribution in [2.24, 2.45) is 11.8 Å². The quantitative estimate of drug-likeness (QED) is 0.810. The Morgan fingerprint density at radius 1 is 1.15 bits per heavy atom. The van der Waals surface area contributed by atoms with E-state index in [1.54, 1.807) is 0 Å². The number of rotatable bonds is 4. The van der Waals surface area contributed by atoms with Crippen LogP contribution in [0.1, 0.15) is 32.1 Å². The van der Waals surface area contributed by atoms with Crippen LogP contribution in [0.2, 0.25) is 0 Å². The van der Waals surface area contributed by atoms with Gasteiger partial charge in [-0.1, -0.05) is 41.3 Å². The third-order valence-corrected chi connectivity index (χ3v) is 5.34. The van der Waals surface area contributed by atoms with E-state index < -0.39 is 0 Å². The van der Waals surface area contributed by atoms with Gasteiger partial charge < -0.3 is 4.74 Å². The molecule has 2 atom stereocenters. The monoisotopic (exact) mass is 337 g/mol. The largest absolute Gasteiger partial charge is 0.492 e. The molecule has 2 aliphatic rings. The molecule has 1 aromatic rings. The second-order valence-electron chi connectivity index (χ2n) is 6.20. The van der Waals surface area contributed by atoms with E-state index in [1.807, 2.05) is 24.3 Å². The minimum Gasteiger partial charge on any atom is -0.492 e. The number of hydrogen-bond donors (Lipinski definition) is 0. The van der Waals surface area contributed by atoms with Gasteiger partial charge in [0.15, 0.2) is 0 Å². The summed E-state index contributed by atoms with van der Waals surface area (Å²) in [6, 6.07) is 8.11. The van der Waals surface area contributed by atoms with Crippen LogP contribution in [-0.2, 0) is 0 Å². The molecule has 3 heteroatoms. The molecular formula is C17H24BrNO. The van der Waals surface area contributed by atoms with Crippen LogP contribution in [0.25, 0.3) is 0 Å². The van der Waals surface area contributed by atoms with Crippen LogP contribution in [0.4, 0.5) is 0 Å². The van der Waals surface area contributed by atoms with Gasteiger partial charge in [0.05, 0.1) is 0 Å². The van der Waals surface area contributed by atoms with Crippen molar-refractivity contribution in [3.63, 3.8) is 0 Å². The van der Waals surface area contributed by atoms with Gasteiger partial charge in [-0.05, 0) is 49.4 Å². The predicted octanol–water partition coefficient (Wildman–Crippen LogP) is 4.34. The molecule has 1 saturated heterocycles. The molecule has 1 aliphatic heterocycles. The topological polar surface area (TPSA) is 12.5 Å². The highest BCUT2D eigenvalue weighted by molar-refractivity contribution is 9.10. The Bertz CT molecular complexity index is 437. The number of halogens is 1. The van der Waals surface area contributed by atoms with Crippen molar-refractivity contribution in [3.8, 4) is 5.75 Å². The van der Waals surface area contributed by atoms with Crippen LogP contribution < -0.4 is 4.74 Å². The molecule has 20 heavy (non-hydrogen) atoms. The number of benzene rings is 1. The van der Waals surface area contributed by atoms with Gasteiger partial charge in [0.1, 0.15) is 12.4 Å². The van der Waals surface area contributed by atoms with Crippen LogP contribution in [0.5, 0.6) is 5.75 Å². The van der Waals surface area contributed by atoms with Gasteiger partial charge in [-0.25, -0.2) is 0 Å². The summed E-state index contributed by atoms with van der Waals surface area (Å²) in [5.74, 6) is 2.95. The lowest BCUT2D eigenvalue weighted by molar-refractivity contribution is 0.0766. The molecule has 1 aromatic carbocycles. The number of hydrogen-bond acceptors (Lipinski definition) is 2. The summed E-state index contributed by atoms with van der Waals surface area (Å²) in [6.45, 7) is 4.43. The molecule has 0 aromatic heterocycles. The third kappa shape index (κ3) is 3.76. The average molecular weight is 338 g/mol. The number of fused-ring (bicyclic) bond motifs is 1. The maximum atomic E-state index is 5.85. The normalized spacial score (nSPS) is 27.1. The van der Waals surface area contributed by atoms with Gasteiger partial charge in [-0.2, -0.15) is 0 Å². The SMILES string of the molecule is Brc1cccc(OCCN2CCC3CCCCC3C2)c1. The van der Waals surface area contributed by atoms with Crippen molar-refractivity contribution >= 4 is 15.9 Å². The van der Waals surface area contributed by atoms with Gasteiger partial charge in [0.2, 0.25) is 0 Å². The minimum atomic E-state index is 0.799. The lowest BCUT2D eigenvalue weighted by atomic mass is 9.75. The van der Waals surface area contributed by atoms with E-state index in [9.17, 15) is 0 Å². The molecule has 2 unspecified atom stereocenters. The zero-order chi connectivity index (χ0) is 13.8. The molecule has 0 spiro atoms. The summed E-state index contributed by atoms with van der Waals surface area (Å²) in [6.07, 6.45) is 7.25. The Balaban J connectivity index is 1.42. The summed E-state index contributed by atoms with van der Waals surface area (Å²) in [4.78, 5) is 2.60. The summed E-state index contributed by atoms with van der Waals surface area (Å²) < 4.78 is 6.94. The lowest BCUT2D eigenvalue weighted by Crippen LogP contribution is -2.43. The fraction of sp³-hybridized carbons (Fsp3) is 0.647. The Hall–Kier alpha value is -0.540. The van der Waals surface area contributed by atoms with Crippen molar-refractivity contribution in [2.45, 2.75) is 32.1 Å². The molecule has 3 rings (SSSR count). The van der Waals surface area contributed by atoms with Crippen molar-refractivity contribution in [1.29, 1.82) is 0 Å². The fourth-order valence-corrected chi connectivity index (χ4v) is 4.11. The second kappa shape index (κ2) is 6.95. The molecule has 2 nitrogen and oxygen atoms in total. The Kier molecular flexibility index (Phi) is 5.00. The zero-order valence-electron chi connectivity index (χ0n) is 12.1. The summed E-state index contributed by atoms with van der Waals surface area (Å²) in [5, 5.41) is 0. The van der Waals surface area contributed by atoms with Gasteiger partial charge in [0, 0.05) is 17.6 Å². The fourth-order valence-electron chi connectivity index (χ4n) is 3.73. The first kappa shape index (κ1) is 14.4. The molecule has 0 bridgehead atoms. The maximum absolute atomic E-state index is 5.85. The van der Waals surface area contributed by atoms with E-state index in [4.69, 9.17) is 4.74 Å². The minimum absolute atomic E-state index is 0.799. The lowest BCUT2D eigenvalue weighted by Gasteiger charge is -2.41. The first-order valence-corrected chi connectivity index (χ1v) is 8.71. The number of piperidine rings is 1. The molecule has 0 radical (unpaired) electrons. The van der Waals surface area contributed by atoms with Crippen molar-refractivity contribution in [1.82, 2.24) is 4.90 Å². The third-order valence-electron chi connectivity index (χ3n) is 4.85. The first-order valence-electron chi connectivity index (χ1n) is 7.92. The maximum Gasteiger partial charge on any atom is 0.120 e. The highest BCUT2D eigenvalue weighted by Crippen LogP contribution is 2.35. The zero-order valence-corrected chi connectivity index (χ0v) is 13.6. The molecule has 0 N–H and O–H groups in total. The van der Waals surface area contributed by atoms with Crippen molar-refractivity contribution in [2.75, 3.05) is 26.2 Å². The highest BCUT2D eigenvalue weighted by Gasteiger charge is 2.30. The van der Waals surface area contributed by atoms with E-state index in [2.05, 4.69) is 20.8 Å². The first-order chi connectivity index (χ1) is 9.81. The molecule has 1 aliphatic carbocycles. The number of nitrogens with zero attached hydrogens (tertiary/aromatic N) is 1. The summed E-state index contributed by atoms with van der Waals surface area (Å²) >= 11 is 3.48. The smallest absolute Gasteiger partial charge is 0.120 e. The van der Waals surface area contributed by atoms with Crippen molar-refractivity contribution < 1.29 is 4.74 Å². The van der Waals surface area contributed by atoms with Gasteiger partial charge >= 0.3 is 0 Å². The van der Waals surface area contributed by atoms with E-state index in [0.717, 1.165) is 35.2 Å². The van der Waals surface area contributed by atoms with E-state index in [0.29, 0.717) is 0 Å². The van der Waals surface area contributed by atoms with E-state index in [1.165, 1.54) is 45.2 Å². The Labute approximate surface area is 130 Å². The van der Waals surface area contributed by atoms with Crippen LogP contribution in [0.3, 0.4) is 0 Å². The highest BCUT2D eigenvalue weighted by atomic mass is 79.9. The Morgan fingerprint density at radius 2 is 2.00 bits per heavy atom. The van der Waals surface area contributed by atoms with Gasteiger partial charge in [0.25, 0.3) is 0 Å². The van der Waals surface area contributed by atoms with Gasteiger partial charge in [-0.3, -0.25) is 4.90 Å². The standard InChI is InChI=1S/C17H24BrNO/c18-16-6-3-7-17(12-16)20-11-10-19-9-8-14-4-1-2-5-15(14)13-19/h3,6-7,12,14-15H,1-2,4-5,8-11,13H2. The predicted molar refractivity (Wildman–Crippen MR) is 86.1 cm³/mol. The van der Waals surface area contributed by atoms with Gasteiger partial charge in [-0.15, -0.1) is 0 Å². The van der Waals surface area contributed by atoms with Crippen LogP contribution in [0, 0.1) is 11.8 Å². The molecule has 1 heterocycles. The van der Waals surface area contributed by atoms with E-state index in [-0.39, 0.29) is 0 Å². The molecule has 2 fully saturated rings.